The molecule has 1 unspecified atom stereocenters. The Balaban J connectivity index is 2.31. The summed E-state index contributed by atoms with van der Waals surface area (Å²) in [6.07, 6.45) is 2.78. The molecule has 1 aromatic rings. The van der Waals surface area contributed by atoms with Gasteiger partial charge in [-0.25, -0.2) is 4.98 Å². The molecule has 1 N–H and O–H groups in total. The number of aromatic nitrogens is 3. The minimum absolute atomic E-state index is 0.564. The summed E-state index contributed by atoms with van der Waals surface area (Å²) in [4.78, 5) is 6.05. The molecule has 0 spiro atoms. The molecule has 1 aliphatic rings. The Morgan fingerprint density at radius 1 is 1.67 bits per heavy atom. The highest BCUT2D eigenvalue weighted by Crippen LogP contribution is 2.27. The van der Waals surface area contributed by atoms with Crippen molar-refractivity contribution in [1.29, 1.82) is 0 Å². The second-order valence-electron chi connectivity index (χ2n) is 3.58. The second kappa shape index (κ2) is 2.77. The van der Waals surface area contributed by atoms with Crippen LogP contribution in [0.4, 0.5) is 0 Å². The molecule has 1 aliphatic heterocycles. The summed E-state index contributed by atoms with van der Waals surface area (Å²) in [6.45, 7) is 5.46. The lowest BCUT2D eigenvalue weighted by Crippen LogP contribution is -2.30. The molecule has 0 bridgehead atoms. The number of hydrogen-bond acceptors (Lipinski definition) is 3. The van der Waals surface area contributed by atoms with Crippen molar-refractivity contribution in [2.24, 2.45) is 5.92 Å². The summed E-state index contributed by atoms with van der Waals surface area (Å²) in [5.41, 5.74) is 3.17. The fraction of sp³-hybridized carbons (Fsp3) is 0.750. The van der Waals surface area contributed by atoms with Crippen molar-refractivity contribution < 1.29 is 0 Å². The van der Waals surface area contributed by atoms with Crippen LogP contribution in [0, 0.1) is 5.92 Å². The molecule has 66 valence electrons. The smallest absolute Gasteiger partial charge is 0.153 e. The van der Waals surface area contributed by atoms with Crippen LogP contribution >= 0.6 is 0 Å². The van der Waals surface area contributed by atoms with Crippen molar-refractivity contribution in [1.82, 2.24) is 14.9 Å². The molecule has 2 heterocycles. The van der Waals surface area contributed by atoms with Gasteiger partial charge in [-0.05, 0) is 12.3 Å². The van der Waals surface area contributed by atoms with E-state index in [2.05, 4.69) is 29.4 Å². The third-order valence-electron chi connectivity index (χ3n) is 2.43. The van der Waals surface area contributed by atoms with Crippen LogP contribution in [0.2, 0.25) is 0 Å². The van der Waals surface area contributed by atoms with E-state index in [9.17, 15) is 0 Å². The lowest BCUT2D eigenvalue weighted by molar-refractivity contribution is 0.405. The third-order valence-corrected chi connectivity index (χ3v) is 2.43. The van der Waals surface area contributed by atoms with Crippen LogP contribution in [0.15, 0.2) is 6.33 Å². The van der Waals surface area contributed by atoms with Crippen LogP contribution in [-0.2, 0) is 0 Å². The van der Waals surface area contributed by atoms with E-state index in [4.69, 9.17) is 0 Å². The molecule has 1 aromatic heterocycles. The van der Waals surface area contributed by atoms with Crippen LogP contribution in [0.5, 0.6) is 0 Å². The maximum absolute atomic E-state index is 4.25. The quantitative estimate of drug-likeness (QED) is 0.676. The van der Waals surface area contributed by atoms with Crippen LogP contribution in [0.3, 0.4) is 0 Å². The Morgan fingerprint density at radius 2 is 2.50 bits per heavy atom. The van der Waals surface area contributed by atoms with Crippen LogP contribution in [0.1, 0.15) is 32.0 Å². The number of hydrogen-bond donors (Lipinski definition) is 1. The highest BCUT2D eigenvalue weighted by atomic mass is 15.6. The van der Waals surface area contributed by atoms with E-state index in [1.165, 1.54) is 0 Å². The zero-order valence-electron chi connectivity index (χ0n) is 7.49. The number of fused-ring (bicyclic) bond motifs is 1. The highest BCUT2D eigenvalue weighted by Gasteiger charge is 2.24. The van der Waals surface area contributed by atoms with Gasteiger partial charge >= 0.3 is 0 Å². The van der Waals surface area contributed by atoms with Crippen molar-refractivity contribution in [3.63, 3.8) is 0 Å². The SMILES string of the molecule is CC(C)C1CCNn2ncnc21. The number of nitrogens with zero attached hydrogens (tertiary/aromatic N) is 3. The summed E-state index contributed by atoms with van der Waals surface area (Å²) in [7, 11) is 0. The Morgan fingerprint density at radius 3 is 3.25 bits per heavy atom. The van der Waals surface area contributed by atoms with Gasteiger partial charge in [0.2, 0.25) is 0 Å². The van der Waals surface area contributed by atoms with Gasteiger partial charge in [0.1, 0.15) is 6.33 Å². The molecule has 0 amide bonds. The first-order valence-corrected chi connectivity index (χ1v) is 4.43. The fourth-order valence-electron chi connectivity index (χ4n) is 1.71. The van der Waals surface area contributed by atoms with E-state index < -0.39 is 0 Å². The van der Waals surface area contributed by atoms with E-state index in [0.29, 0.717) is 11.8 Å². The van der Waals surface area contributed by atoms with E-state index in [1.54, 1.807) is 11.1 Å². The summed E-state index contributed by atoms with van der Waals surface area (Å²) in [5, 5.41) is 4.08. The van der Waals surface area contributed by atoms with Gasteiger partial charge in [-0.15, -0.1) is 5.10 Å². The molecule has 2 rings (SSSR count). The molecule has 4 heteroatoms. The first kappa shape index (κ1) is 7.58. The molecule has 0 aromatic carbocycles. The molecule has 1 atom stereocenters. The third kappa shape index (κ3) is 1.07. The van der Waals surface area contributed by atoms with E-state index >= 15 is 0 Å². The predicted octanol–water partition coefficient (Wildman–Crippen LogP) is 0.965. The second-order valence-corrected chi connectivity index (χ2v) is 3.58. The molecule has 0 saturated carbocycles. The van der Waals surface area contributed by atoms with Gasteiger partial charge in [-0.3, -0.25) is 0 Å². The lowest BCUT2D eigenvalue weighted by atomic mass is 9.91. The summed E-state index contributed by atoms with van der Waals surface area (Å²) in [5.74, 6) is 2.29. The topological polar surface area (TPSA) is 42.7 Å². The predicted molar refractivity (Wildman–Crippen MR) is 46.4 cm³/mol. The summed E-state index contributed by atoms with van der Waals surface area (Å²) in [6, 6.07) is 0. The van der Waals surface area contributed by atoms with Crippen molar-refractivity contribution in [2.75, 3.05) is 12.0 Å². The lowest BCUT2D eigenvalue weighted by Gasteiger charge is -2.25. The monoisotopic (exact) mass is 166 g/mol. The van der Waals surface area contributed by atoms with Crippen molar-refractivity contribution in [3.05, 3.63) is 12.2 Å². The standard InChI is InChI=1S/C8H14N4/c1-6(2)7-3-4-10-12-8(7)9-5-11-12/h5-7,10H,3-4H2,1-2H3. The maximum atomic E-state index is 4.25. The first-order chi connectivity index (χ1) is 5.79. The van der Waals surface area contributed by atoms with Gasteiger partial charge < -0.3 is 5.43 Å². The zero-order valence-corrected chi connectivity index (χ0v) is 7.49. The Hall–Kier alpha value is -1.06. The van der Waals surface area contributed by atoms with Crippen molar-refractivity contribution in [2.45, 2.75) is 26.2 Å². The molecular weight excluding hydrogens is 152 g/mol. The van der Waals surface area contributed by atoms with Gasteiger partial charge in [-0.2, -0.15) is 4.79 Å². The average Bonchev–Trinajstić information content (AvgIpc) is 2.49. The molecular formula is C8H14N4. The maximum Gasteiger partial charge on any atom is 0.153 e. The fourth-order valence-corrected chi connectivity index (χ4v) is 1.71. The van der Waals surface area contributed by atoms with Gasteiger partial charge in [0.15, 0.2) is 5.82 Å². The van der Waals surface area contributed by atoms with Gasteiger partial charge in [0, 0.05) is 12.5 Å². The molecule has 0 fully saturated rings. The molecule has 4 nitrogen and oxygen atoms in total. The minimum Gasteiger partial charge on any atom is -0.308 e. The first-order valence-electron chi connectivity index (χ1n) is 4.43. The van der Waals surface area contributed by atoms with E-state index in [-0.39, 0.29) is 0 Å². The van der Waals surface area contributed by atoms with Crippen LogP contribution in [-0.4, -0.2) is 21.4 Å². The molecule has 0 aliphatic carbocycles. The zero-order chi connectivity index (χ0) is 8.55. The summed E-state index contributed by atoms with van der Waals surface area (Å²) >= 11 is 0. The normalized spacial score (nSPS) is 22.1. The Labute approximate surface area is 72.0 Å². The van der Waals surface area contributed by atoms with Gasteiger partial charge in [-0.1, -0.05) is 13.8 Å². The van der Waals surface area contributed by atoms with Crippen molar-refractivity contribution in [3.8, 4) is 0 Å². The van der Waals surface area contributed by atoms with Crippen LogP contribution < -0.4 is 5.43 Å². The number of rotatable bonds is 1. The van der Waals surface area contributed by atoms with E-state index in [0.717, 1.165) is 18.8 Å². The Bertz CT molecular complexity index is 266. The Kier molecular flexibility index (Phi) is 1.75. The average molecular weight is 166 g/mol. The molecule has 12 heavy (non-hydrogen) atoms. The summed E-state index contributed by atoms with van der Waals surface area (Å²) < 4.78 is 0. The van der Waals surface area contributed by atoms with E-state index in [1.807, 2.05) is 0 Å². The molecule has 0 radical (unpaired) electrons. The van der Waals surface area contributed by atoms with Gasteiger partial charge in [0.05, 0.1) is 0 Å². The van der Waals surface area contributed by atoms with Gasteiger partial charge in [0.25, 0.3) is 0 Å². The highest BCUT2D eigenvalue weighted by molar-refractivity contribution is 5.03. The number of nitrogens with one attached hydrogen (secondary N) is 1. The van der Waals surface area contributed by atoms with Crippen molar-refractivity contribution >= 4 is 0 Å². The largest absolute Gasteiger partial charge is 0.308 e. The van der Waals surface area contributed by atoms with Crippen LogP contribution in [0.25, 0.3) is 0 Å². The molecule has 0 saturated heterocycles. The minimum atomic E-state index is 0.564.